The SMILES string of the molecule is CO[C@@H](CN(C)S(=O)(=O)c1ccc(F)cc1)[C@H](C)CN(C(=O)Nc1ccccc1F)[C@@H](C)CO. The maximum Gasteiger partial charge on any atom is 0.322 e. The van der Waals surface area contributed by atoms with Crippen molar-refractivity contribution >= 4 is 21.7 Å². The minimum atomic E-state index is -3.89. The maximum absolute atomic E-state index is 14.0. The standard InChI is InChI=1S/C23H31F2N3O5S/c1-16(13-28(17(2)15-29)23(30)26-21-8-6-5-7-20(21)25)22(33-4)14-27(3)34(31,32)19-11-9-18(24)10-12-19/h5-12,16-17,22,29H,13-15H2,1-4H3,(H,26,30)/t16-,17+,22+/m1/s1. The summed E-state index contributed by atoms with van der Waals surface area (Å²) in [6.45, 7) is 3.16. The van der Waals surface area contributed by atoms with Crippen LogP contribution >= 0.6 is 0 Å². The van der Waals surface area contributed by atoms with E-state index in [-0.39, 0.29) is 36.2 Å². The Balaban J connectivity index is 2.14. The fourth-order valence-electron chi connectivity index (χ4n) is 3.36. The molecule has 0 aliphatic heterocycles. The van der Waals surface area contributed by atoms with Crippen LogP contribution in [0.25, 0.3) is 0 Å². The van der Waals surface area contributed by atoms with Crippen molar-refractivity contribution in [2.45, 2.75) is 30.9 Å². The Morgan fingerprint density at radius 1 is 1.09 bits per heavy atom. The molecule has 8 nitrogen and oxygen atoms in total. The number of carbonyl (C=O) groups is 1. The van der Waals surface area contributed by atoms with Crippen LogP contribution < -0.4 is 5.32 Å². The molecule has 0 saturated carbocycles. The molecule has 0 radical (unpaired) electrons. The third kappa shape index (κ3) is 6.95. The third-order valence-electron chi connectivity index (χ3n) is 5.55. The number of aliphatic hydroxyl groups excluding tert-OH is 1. The summed E-state index contributed by atoms with van der Waals surface area (Å²) in [6.07, 6.45) is -0.616. The van der Waals surface area contributed by atoms with Crippen molar-refractivity contribution in [2.24, 2.45) is 5.92 Å². The van der Waals surface area contributed by atoms with Crippen molar-refractivity contribution in [3.63, 3.8) is 0 Å². The Bertz CT molecular complexity index is 1050. The van der Waals surface area contributed by atoms with Gasteiger partial charge in [0.1, 0.15) is 11.6 Å². The van der Waals surface area contributed by atoms with Gasteiger partial charge in [-0.2, -0.15) is 4.31 Å². The monoisotopic (exact) mass is 499 g/mol. The van der Waals surface area contributed by atoms with E-state index in [1.807, 2.05) is 0 Å². The van der Waals surface area contributed by atoms with Gasteiger partial charge >= 0.3 is 6.03 Å². The largest absolute Gasteiger partial charge is 0.394 e. The Labute approximate surface area is 199 Å². The lowest BCUT2D eigenvalue weighted by Gasteiger charge is -2.34. The molecule has 3 atom stereocenters. The van der Waals surface area contributed by atoms with E-state index in [1.165, 1.54) is 49.4 Å². The molecule has 2 rings (SSSR count). The van der Waals surface area contributed by atoms with Crippen LogP contribution in [0.1, 0.15) is 13.8 Å². The van der Waals surface area contributed by atoms with E-state index in [0.29, 0.717) is 0 Å². The molecule has 0 heterocycles. The van der Waals surface area contributed by atoms with Gasteiger partial charge in [-0.1, -0.05) is 19.1 Å². The Morgan fingerprint density at radius 2 is 1.71 bits per heavy atom. The highest BCUT2D eigenvalue weighted by molar-refractivity contribution is 7.89. The number of sulfonamides is 1. The molecule has 0 spiro atoms. The molecule has 2 aromatic rings. The second-order valence-electron chi connectivity index (χ2n) is 8.08. The lowest BCUT2D eigenvalue weighted by atomic mass is 10.0. The molecule has 0 saturated heterocycles. The van der Waals surface area contributed by atoms with E-state index in [4.69, 9.17) is 4.74 Å². The van der Waals surface area contributed by atoms with Gasteiger partial charge in [0.15, 0.2) is 0 Å². The van der Waals surface area contributed by atoms with Crippen LogP contribution in [0.4, 0.5) is 19.3 Å². The van der Waals surface area contributed by atoms with E-state index in [1.54, 1.807) is 19.9 Å². The normalized spacial score (nSPS) is 14.5. The molecule has 0 bridgehead atoms. The predicted octanol–water partition coefficient (Wildman–Crippen LogP) is 3.15. The van der Waals surface area contributed by atoms with Crippen molar-refractivity contribution in [1.82, 2.24) is 9.21 Å². The molecule has 0 fully saturated rings. The number of nitrogens with one attached hydrogen (secondary N) is 1. The molecule has 2 N–H and O–H groups in total. The summed E-state index contributed by atoms with van der Waals surface area (Å²) in [5.74, 6) is -1.50. The van der Waals surface area contributed by atoms with Crippen LogP contribution in [0.3, 0.4) is 0 Å². The number of anilines is 1. The molecule has 0 aromatic heterocycles. The lowest BCUT2D eigenvalue weighted by molar-refractivity contribution is 0.0305. The Kier molecular flexibility index (Phi) is 9.92. The summed E-state index contributed by atoms with van der Waals surface area (Å²) in [6, 6.07) is 9.03. The van der Waals surface area contributed by atoms with Crippen molar-refractivity contribution in [2.75, 3.05) is 39.2 Å². The van der Waals surface area contributed by atoms with E-state index in [9.17, 15) is 27.1 Å². The summed E-state index contributed by atoms with van der Waals surface area (Å²) >= 11 is 0. The molecule has 0 aliphatic carbocycles. The Morgan fingerprint density at radius 3 is 2.26 bits per heavy atom. The topological polar surface area (TPSA) is 99.2 Å². The maximum atomic E-state index is 14.0. The fraction of sp³-hybridized carbons (Fsp3) is 0.435. The van der Waals surface area contributed by atoms with Crippen molar-refractivity contribution in [3.05, 3.63) is 60.2 Å². The first-order valence-electron chi connectivity index (χ1n) is 10.7. The number of amides is 2. The van der Waals surface area contributed by atoms with Crippen LogP contribution in [-0.4, -0.2) is 74.8 Å². The van der Waals surface area contributed by atoms with Gasteiger partial charge in [0, 0.05) is 33.2 Å². The first-order valence-corrected chi connectivity index (χ1v) is 12.1. The first kappa shape index (κ1) is 27.6. The number of para-hydroxylation sites is 1. The van der Waals surface area contributed by atoms with E-state index >= 15 is 0 Å². The van der Waals surface area contributed by atoms with E-state index in [0.717, 1.165) is 16.4 Å². The molecular weight excluding hydrogens is 468 g/mol. The van der Waals surface area contributed by atoms with Crippen molar-refractivity contribution in [3.8, 4) is 0 Å². The second kappa shape index (κ2) is 12.2. The van der Waals surface area contributed by atoms with Gasteiger partial charge in [-0.05, 0) is 43.3 Å². The quantitative estimate of drug-likeness (QED) is 0.495. The zero-order valence-electron chi connectivity index (χ0n) is 19.6. The van der Waals surface area contributed by atoms with Crippen LogP contribution in [0, 0.1) is 17.6 Å². The van der Waals surface area contributed by atoms with E-state index < -0.39 is 39.8 Å². The van der Waals surface area contributed by atoms with Crippen LogP contribution in [0.5, 0.6) is 0 Å². The fourth-order valence-corrected chi connectivity index (χ4v) is 4.55. The number of halogens is 2. The van der Waals surface area contributed by atoms with Gasteiger partial charge in [-0.15, -0.1) is 0 Å². The van der Waals surface area contributed by atoms with Gasteiger partial charge in [0.2, 0.25) is 10.0 Å². The highest BCUT2D eigenvalue weighted by Gasteiger charge is 2.30. The lowest BCUT2D eigenvalue weighted by Crippen LogP contribution is -2.49. The van der Waals surface area contributed by atoms with Gasteiger partial charge in [0.05, 0.1) is 29.3 Å². The Hall–Kier alpha value is -2.60. The van der Waals surface area contributed by atoms with Crippen molar-refractivity contribution < 1.29 is 31.8 Å². The molecule has 0 aliphatic rings. The highest BCUT2D eigenvalue weighted by atomic mass is 32.2. The summed E-state index contributed by atoms with van der Waals surface area (Å²) in [5, 5.41) is 12.1. The number of urea groups is 1. The number of ether oxygens (including phenoxy) is 1. The smallest absolute Gasteiger partial charge is 0.322 e. The summed E-state index contributed by atoms with van der Waals surface area (Å²) in [7, 11) is -1.08. The number of methoxy groups -OCH3 is 1. The number of nitrogens with zero attached hydrogens (tertiary/aromatic N) is 2. The average Bonchev–Trinajstić information content (AvgIpc) is 2.81. The predicted molar refractivity (Wildman–Crippen MR) is 125 cm³/mol. The molecule has 0 unspecified atom stereocenters. The number of likely N-dealkylation sites (N-methyl/N-ethyl adjacent to an activating group) is 1. The van der Waals surface area contributed by atoms with E-state index in [2.05, 4.69) is 5.32 Å². The number of hydrogen-bond acceptors (Lipinski definition) is 5. The van der Waals surface area contributed by atoms with Gasteiger partial charge in [0.25, 0.3) is 0 Å². The molecule has 11 heteroatoms. The molecule has 34 heavy (non-hydrogen) atoms. The number of hydrogen-bond donors (Lipinski definition) is 2. The van der Waals surface area contributed by atoms with Crippen LogP contribution in [0.2, 0.25) is 0 Å². The van der Waals surface area contributed by atoms with Gasteiger partial charge < -0.3 is 20.1 Å². The third-order valence-corrected chi connectivity index (χ3v) is 7.39. The molecule has 188 valence electrons. The minimum absolute atomic E-state index is 0.00343. The molecular formula is C23H31F2N3O5S. The molecule has 2 amide bonds. The van der Waals surface area contributed by atoms with Crippen LogP contribution in [-0.2, 0) is 14.8 Å². The highest BCUT2D eigenvalue weighted by Crippen LogP contribution is 2.20. The summed E-state index contributed by atoms with van der Waals surface area (Å²) in [4.78, 5) is 14.2. The van der Waals surface area contributed by atoms with Gasteiger partial charge in [-0.25, -0.2) is 22.0 Å². The van der Waals surface area contributed by atoms with Crippen molar-refractivity contribution in [1.29, 1.82) is 0 Å². The van der Waals surface area contributed by atoms with Crippen LogP contribution in [0.15, 0.2) is 53.4 Å². The molecule has 2 aromatic carbocycles. The first-order chi connectivity index (χ1) is 16.0. The second-order valence-corrected chi connectivity index (χ2v) is 10.1. The number of aliphatic hydroxyl groups is 1. The number of carbonyl (C=O) groups excluding carboxylic acids is 1. The summed E-state index contributed by atoms with van der Waals surface area (Å²) in [5.41, 5.74) is 0.00343. The number of benzene rings is 2. The zero-order chi connectivity index (χ0) is 25.5. The summed E-state index contributed by atoms with van der Waals surface area (Å²) < 4.78 is 59.5. The minimum Gasteiger partial charge on any atom is -0.394 e. The number of rotatable bonds is 11. The zero-order valence-corrected chi connectivity index (χ0v) is 20.4. The van der Waals surface area contributed by atoms with Gasteiger partial charge in [-0.3, -0.25) is 0 Å². The average molecular weight is 500 g/mol.